The summed E-state index contributed by atoms with van der Waals surface area (Å²) in [5, 5.41) is 3.09. The van der Waals surface area contributed by atoms with Crippen molar-refractivity contribution in [3.05, 3.63) is 94.0 Å². The van der Waals surface area contributed by atoms with E-state index in [0.29, 0.717) is 0 Å². The van der Waals surface area contributed by atoms with Gasteiger partial charge in [0.1, 0.15) is 0 Å². The van der Waals surface area contributed by atoms with E-state index in [0.717, 1.165) is 11.1 Å². The minimum Gasteiger partial charge on any atom is -0.345 e. The van der Waals surface area contributed by atoms with E-state index in [1.54, 1.807) is 18.2 Å². The number of halogens is 1. The van der Waals surface area contributed by atoms with E-state index in [9.17, 15) is 13.2 Å². The molecule has 156 valence electrons. The second-order valence-electron chi connectivity index (χ2n) is 7.15. The van der Waals surface area contributed by atoms with Crippen molar-refractivity contribution in [2.75, 3.05) is 4.72 Å². The molecule has 30 heavy (non-hydrogen) atoms. The molecular weight excluding hydrogens is 420 g/mol. The molecule has 1 atom stereocenters. The molecule has 0 aliphatic carbocycles. The monoisotopic (exact) mass is 442 g/mol. The van der Waals surface area contributed by atoms with Crippen molar-refractivity contribution in [1.82, 2.24) is 5.32 Å². The van der Waals surface area contributed by atoms with Crippen molar-refractivity contribution in [1.29, 1.82) is 0 Å². The van der Waals surface area contributed by atoms with E-state index in [4.69, 9.17) is 11.6 Å². The Morgan fingerprint density at radius 3 is 2.27 bits per heavy atom. The molecule has 3 aromatic rings. The van der Waals surface area contributed by atoms with Crippen molar-refractivity contribution in [3.63, 3.8) is 0 Å². The normalized spacial score (nSPS) is 12.3. The Kier molecular flexibility index (Phi) is 6.48. The lowest BCUT2D eigenvalue weighted by Crippen LogP contribution is -2.27. The number of aryl methyl sites for hydroxylation is 2. The van der Waals surface area contributed by atoms with Crippen LogP contribution in [0, 0.1) is 13.8 Å². The fourth-order valence-corrected chi connectivity index (χ4v) is 4.31. The summed E-state index contributed by atoms with van der Waals surface area (Å²) in [6.07, 6.45) is 0. The Labute approximate surface area is 182 Å². The molecule has 0 aliphatic rings. The number of hydrogen-bond acceptors (Lipinski definition) is 3. The first-order valence-corrected chi connectivity index (χ1v) is 11.3. The van der Waals surface area contributed by atoms with Crippen LogP contribution in [0.15, 0.2) is 71.6 Å². The summed E-state index contributed by atoms with van der Waals surface area (Å²) in [6.45, 7) is 5.97. The molecule has 0 unspecified atom stereocenters. The molecule has 0 bridgehead atoms. The third kappa shape index (κ3) is 5.01. The highest BCUT2D eigenvalue weighted by Crippen LogP contribution is 2.24. The standard InChI is InChI=1S/C23H23ClN2O3S/c1-15-9-10-18(13-16(15)2)17(3)25-23(27)21-12-11-19(14-22(21)24)26-30(28,29)20-7-5-4-6-8-20/h4-14,17,26H,1-3H3,(H,25,27)/t17-/m0/s1. The van der Waals surface area contributed by atoms with Gasteiger partial charge in [0.25, 0.3) is 15.9 Å². The van der Waals surface area contributed by atoms with Crippen LogP contribution in [0.4, 0.5) is 5.69 Å². The van der Waals surface area contributed by atoms with Crippen LogP contribution in [0.25, 0.3) is 0 Å². The summed E-state index contributed by atoms with van der Waals surface area (Å²) in [5.74, 6) is -0.330. The number of anilines is 1. The predicted molar refractivity (Wildman–Crippen MR) is 120 cm³/mol. The van der Waals surface area contributed by atoms with Gasteiger partial charge in [-0.2, -0.15) is 0 Å². The number of rotatable bonds is 6. The summed E-state index contributed by atoms with van der Waals surface area (Å²) in [4.78, 5) is 12.8. The molecular formula is C23H23ClN2O3S. The molecule has 0 saturated carbocycles. The summed E-state index contributed by atoms with van der Waals surface area (Å²) >= 11 is 6.28. The van der Waals surface area contributed by atoms with E-state index >= 15 is 0 Å². The summed E-state index contributed by atoms with van der Waals surface area (Å²) in [7, 11) is -3.74. The first-order chi connectivity index (χ1) is 14.2. The van der Waals surface area contributed by atoms with Crippen molar-refractivity contribution in [2.45, 2.75) is 31.7 Å². The molecule has 0 spiro atoms. The number of carbonyl (C=O) groups is 1. The van der Waals surface area contributed by atoms with Crippen LogP contribution in [-0.4, -0.2) is 14.3 Å². The maximum atomic E-state index is 12.7. The Bertz CT molecular complexity index is 1180. The van der Waals surface area contributed by atoms with Gasteiger partial charge < -0.3 is 5.32 Å². The van der Waals surface area contributed by atoms with E-state index in [1.165, 1.54) is 35.9 Å². The van der Waals surface area contributed by atoms with E-state index < -0.39 is 10.0 Å². The average molecular weight is 443 g/mol. The first kappa shape index (κ1) is 21.9. The fraction of sp³-hybridized carbons (Fsp3) is 0.174. The van der Waals surface area contributed by atoms with Crippen molar-refractivity contribution in [3.8, 4) is 0 Å². The van der Waals surface area contributed by atoms with E-state index in [1.807, 2.05) is 39.0 Å². The van der Waals surface area contributed by atoms with Gasteiger partial charge in [0.05, 0.1) is 27.2 Å². The zero-order chi connectivity index (χ0) is 21.9. The number of amides is 1. The Balaban J connectivity index is 1.74. The lowest BCUT2D eigenvalue weighted by molar-refractivity contribution is 0.0940. The Hall–Kier alpha value is -2.83. The van der Waals surface area contributed by atoms with Crippen LogP contribution in [0.5, 0.6) is 0 Å². The molecule has 3 rings (SSSR count). The van der Waals surface area contributed by atoms with Crippen LogP contribution in [-0.2, 0) is 10.0 Å². The van der Waals surface area contributed by atoms with E-state index in [-0.39, 0.29) is 33.1 Å². The highest BCUT2D eigenvalue weighted by Gasteiger charge is 2.17. The van der Waals surface area contributed by atoms with Crippen LogP contribution in [0.1, 0.15) is 40.0 Å². The van der Waals surface area contributed by atoms with Crippen LogP contribution >= 0.6 is 11.6 Å². The van der Waals surface area contributed by atoms with Gasteiger partial charge in [0.2, 0.25) is 0 Å². The van der Waals surface area contributed by atoms with Gasteiger partial charge in [-0.3, -0.25) is 9.52 Å². The largest absolute Gasteiger partial charge is 0.345 e. The zero-order valence-corrected chi connectivity index (χ0v) is 18.5. The lowest BCUT2D eigenvalue weighted by atomic mass is 10.0. The number of carbonyl (C=O) groups excluding carboxylic acids is 1. The number of hydrogen-bond donors (Lipinski definition) is 2. The van der Waals surface area contributed by atoms with Gasteiger partial charge >= 0.3 is 0 Å². The third-order valence-corrected chi connectivity index (χ3v) is 6.61. The van der Waals surface area contributed by atoms with Gasteiger partial charge in [-0.25, -0.2) is 8.42 Å². The highest BCUT2D eigenvalue weighted by atomic mass is 35.5. The molecule has 0 radical (unpaired) electrons. The summed E-state index contributed by atoms with van der Waals surface area (Å²) in [6, 6.07) is 18.3. The molecule has 7 heteroatoms. The molecule has 0 fully saturated rings. The minimum absolute atomic E-state index is 0.144. The molecule has 0 aliphatic heterocycles. The van der Waals surface area contributed by atoms with Crippen molar-refractivity contribution >= 4 is 33.2 Å². The summed E-state index contributed by atoms with van der Waals surface area (Å²) < 4.78 is 27.4. The Morgan fingerprint density at radius 2 is 1.63 bits per heavy atom. The second-order valence-corrected chi connectivity index (χ2v) is 9.24. The first-order valence-electron chi connectivity index (χ1n) is 9.43. The van der Waals surface area contributed by atoms with Gasteiger partial charge in [0.15, 0.2) is 0 Å². The minimum atomic E-state index is -3.74. The van der Waals surface area contributed by atoms with Gasteiger partial charge in [-0.1, -0.05) is 48.0 Å². The Morgan fingerprint density at radius 1 is 0.933 bits per heavy atom. The fourth-order valence-electron chi connectivity index (χ4n) is 2.97. The van der Waals surface area contributed by atoms with Crippen LogP contribution in [0.2, 0.25) is 5.02 Å². The zero-order valence-electron chi connectivity index (χ0n) is 16.9. The average Bonchev–Trinajstić information content (AvgIpc) is 2.70. The molecule has 1 amide bonds. The number of nitrogens with one attached hydrogen (secondary N) is 2. The highest BCUT2D eigenvalue weighted by molar-refractivity contribution is 7.92. The van der Waals surface area contributed by atoms with Crippen LogP contribution < -0.4 is 10.0 Å². The van der Waals surface area contributed by atoms with E-state index in [2.05, 4.69) is 10.0 Å². The van der Waals surface area contributed by atoms with Crippen LogP contribution in [0.3, 0.4) is 0 Å². The second kappa shape index (κ2) is 8.90. The topological polar surface area (TPSA) is 75.3 Å². The number of sulfonamides is 1. The molecule has 2 N–H and O–H groups in total. The molecule has 0 aromatic heterocycles. The number of benzene rings is 3. The molecule has 0 heterocycles. The molecule has 3 aromatic carbocycles. The predicted octanol–water partition coefficient (Wildman–Crippen LogP) is 5.25. The van der Waals surface area contributed by atoms with Gasteiger partial charge in [0, 0.05) is 0 Å². The summed E-state index contributed by atoms with van der Waals surface area (Å²) in [5.41, 5.74) is 3.89. The maximum absolute atomic E-state index is 12.7. The lowest BCUT2D eigenvalue weighted by Gasteiger charge is -2.17. The van der Waals surface area contributed by atoms with Gasteiger partial charge in [-0.05, 0) is 67.8 Å². The SMILES string of the molecule is Cc1ccc([C@H](C)NC(=O)c2ccc(NS(=O)(=O)c3ccccc3)cc2Cl)cc1C. The van der Waals surface area contributed by atoms with Crippen molar-refractivity contribution in [2.24, 2.45) is 0 Å². The third-order valence-electron chi connectivity index (χ3n) is 4.90. The molecule has 0 saturated heterocycles. The van der Waals surface area contributed by atoms with Crippen molar-refractivity contribution < 1.29 is 13.2 Å². The van der Waals surface area contributed by atoms with Gasteiger partial charge in [-0.15, -0.1) is 0 Å². The molecule has 5 nitrogen and oxygen atoms in total. The quantitative estimate of drug-likeness (QED) is 0.547. The maximum Gasteiger partial charge on any atom is 0.261 e. The smallest absolute Gasteiger partial charge is 0.261 e.